The first kappa shape index (κ1) is 22.8. The molecule has 2 amide bonds. The lowest BCUT2D eigenvalue weighted by atomic mass is 9.87. The van der Waals surface area contributed by atoms with Crippen LogP contribution in [0.5, 0.6) is 5.75 Å². The Morgan fingerprint density at radius 1 is 1.24 bits per heavy atom. The third-order valence-corrected chi connectivity index (χ3v) is 6.90. The molecule has 2 atom stereocenters. The van der Waals surface area contributed by atoms with Crippen molar-refractivity contribution < 1.29 is 14.3 Å². The summed E-state index contributed by atoms with van der Waals surface area (Å²) < 4.78 is 5.83. The van der Waals surface area contributed by atoms with E-state index >= 15 is 0 Å². The molecular formula is C26H32N4O3. The maximum absolute atomic E-state index is 13.2. The predicted molar refractivity (Wildman–Crippen MR) is 128 cm³/mol. The van der Waals surface area contributed by atoms with Gasteiger partial charge in [0.25, 0.3) is 5.91 Å². The number of fused-ring (bicyclic) bond motifs is 1. The molecule has 0 saturated heterocycles. The number of carbonyl (C=O) groups is 2. The van der Waals surface area contributed by atoms with Crippen LogP contribution in [0, 0.1) is 0 Å². The number of benzene rings is 2. The fourth-order valence-electron chi connectivity index (χ4n) is 4.71. The Balaban J connectivity index is 1.61. The van der Waals surface area contributed by atoms with Crippen LogP contribution in [0.4, 0.5) is 0 Å². The Kier molecular flexibility index (Phi) is 6.40. The third kappa shape index (κ3) is 4.45. The molecule has 3 N–H and O–H groups in total. The van der Waals surface area contributed by atoms with Gasteiger partial charge in [-0.1, -0.05) is 44.2 Å². The number of carbonyl (C=O) groups excluding carboxylic acids is 2. The molecule has 0 spiro atoms. The van der Waals surface area contributed by atoms with Gasteiger partial charge in [-0.3, -0.25) is 14.5 Å². The van der Waals surface area contributed by atoms with Gasteiger partial charge >= 0.3 is 0 Å². The van der Waals surface area contributed by atoms with Gasteiger partial charge in [0, 0.05) is 17.5 Å². The zero-order chi connectivity index (χ0) is 23.6. The Bertz CT molecular complexity index is 1060. The molecule has 2 aromatic carbocycles. The number of ether oxygens (including phenoxy) is 1. The molecule has 174 valence electrons. The summed E-state index contributed by atoms with van der Waals surface area (Å²) in [5.41, 5.74) is 8.25. The number of hydrogen-bond donors (Lipinski definition) is 2. The Morgan fingerprint density at radius 2 is 1.97 bits per heavy atom. The number of nitrogens with zero attached hydrogens (tertiary/aromatic N) is 2. The first-order valence-electron chi connectivity index (χ1n) is 11.7. The van der Waals surface area contributed by atoms with Gasteiger partial charge in [-0.2, -0.15) is 0 Å². The SMILES string of the molecule is CCC1(CC)CC(=O)N([C@@H]2CCOc3ccc(C(=O)N[C@@H](C)c4ccccc4)cc32)C(N)=N1. The topological polar surface area (TPSA) is 97.0 Å². The summed E-state index contributed by atoms with van der Waals surface area (Å²) in [6.07, 6.45) is 2.45. The first-order valence-corrected chi connectivity index (χ1v) is 11.7. The number of aliphatic imine (C=N–C) groups is 1. The van der Waals surface area contributed by atoms with Crippen LogP contribution >= 0.6 is 0 Å². The molecule has 2 aliphatic heterocycles. The third-order valence-electron chi connectivity index (χ3n) is 6.90. The molecule has 7 nitrogen and oxygen atoms in total. The number of nitrogens with one attached hydrogen (secondary N) is 1. The number of amides is 2. The van der Waals surface area contributed by atoms with Crippen LogP contribution in [-0.4, -0.2) is 34.8 Å². The van der Waals surface area contributed by atoms with E-state index in [1.54, 1.807) is 17.0 Å². The molecule has 0 aromatic heterocycles. The lowest BCUT2D eigenvalue weighted by Crippen LogP contribution is -2.53. The van der Waals surface area contributed by atoms with Crippen LogP contribution in [0.3, 0.4) is 0 Å². The highest BCUT2D eigenvalue weighted by atomic mass is 16.5. The molecule has 4 rings (SSSR count). The average molecular weight is 449 g/mol. The van der Waals surface area contributed by atoms with Crippen molar-refractivity contribution in [3.05, 3.63) is 65.2 Å². The van der Waals surface area contributed by atoms with E-state index in [1.165, 1.54) is 0 Å². The number of guanidine groups is 1. The van der Waals surface area contributed by atoms with Gasteiger partial charge < -0.3 is 15.8 Å². The van der Waals surface area contributed by atoms with E-state index in [0.29, 0.717) is 30.8 Å². The van der Waals surface area contributed by atoms with Crippen LogP contribution in [0.15, 0.2) is 53.5 Å². The van der Waals surface area contributed by atoms with Gasteiger partial charge in [0.2, 0.25) is 5.91 Å². The van der Waals surface area contributed by atoms with Crippen LogP contribution < -0.4 is 15.8 Å². The fraction of sp³-hybridized carbons (Fsp3) is 0.423. The predicted octanol–water partition coefficient (Wildman–Crippen LogP) is 4.11. The molecule has 0 aliphatic carbocycles. The van der Waals surface area contributed by atoms with Crippen LogP contribution in [0.25, 0.3) is 0 Å². The van der Waals surface area contributed by atoms with Crippen molar-refractivity contribution in [3.8, 4) is 5.75 Å². The van der Waals surface area contributed by atoms with E-state index in [-0.39, 0.29) is 29.9 Å². The van der Waals surface area contributed by atoms with Crippen molar-refractivity contribution in [1.82, 2.24) is 10.2 Å². The van der Waals surface area contributed by atoms with Crippen molar-refractivity contribution in [2.24, 2.45) is 10.7 Å². The maximum atomic E-state index is 13.2. The van der Waals surface area contributed by atoms with E-state index in [4.69, 9.17) is 15.5 Å². The summed E-state index contributed by atoms with van der Waals surface area (Å²) in [7, 11) is 0. The molecule has 0 unspecified atom stereocenters. The molecule has 7 heteroatoms. The highest BCUT2D eigenvalue weighted by molar-refractivity contribution is 6.00. The summed E-state index contributed by atoms with van der Waals surface area (Å²) in [6, 6.07) is 14.7. The minimum Gasteiger partial charge on any atom is -0.493 e. The second-order valence-electron chi connectivity index (χ2n) is 8.85. The summed E-state index contributed by atoms with van der Waals surface area (Å²) in [6.45, 7) is 6.50. The molecule has 0 saturated carbocycles. The normalized spacial score (nSPS) is 20.3. The zero-order valence-electron chi connectivity index (χ0n) is 19.5. The van der Waals surface area contributed by atoms with Gasteiger partial charge in [0.05, 0.1) is 30.7 Å². The lowest BCUT2D eigenvalue weighted by Gasteiger charge is -2.41. The zero-order valence-corrected chi connectivity index (χ0v) is 19.5. The van der Waals surface area contributed by atoms with Crippen molar-refractivity contribution in [1.29, 1.82) is 0 Å². The van der Waals surface area contributed by atoms with Gasteiger partial charge in [-0.25, -0.2) is 4.99 Å². The Hall–Kier alpha value is -3.35. The minimum atomic E-state index is -0.430. The molecule has 0 radical (unpaired) electrons. The van der Waals surface area contributed by atoms with Crippen LogP contribution in [-0.2, 0) is 4.79 Å². The van der Waals surface area contributed by atoms with E-state index in [1.807, 2.05) is 57.2 Å². The van der Waals surface area contributed by atoms with Crippen molar-refractivity contribution in [2.45, 2.75) is 64.1 Å². The standard InChI is InChI=1S/C26H32N4O3/c1-4-26(5-2)16-23(31)30(25(27)29-26)21-13-14-33-22-12-11-19(15-20(21)22)24(32)28-17(3)18-9-7-6-8-10-18/h6-12,15,17,21H,4-5,13-14,16H2,1-3H3,(H2,27,29)(H,28,32)/t17-,21+/m0/s1. The maximum Gasteiger partial charge on any atom is 0.251 e. The van der Waals surface area contributed by atoms with Gasteiger partial charge in [0.15, 0.2) is 5.96 Å². The van der Waals surface area contributed by atoms with E-state index < -0.39 is 5.54 Å². The highest BCUT2D eigenvalue weighted by Gasteiger charge is 2.41. The van der Waals surface area contributed by atoms with Gasteiger partial charge in [-0.15, -0.1) is 0 Å². The number of nitrogens with two attached hydrogens (primary N) is 1. The Labute approximate surface area is 195 Å². The monoisotopic (exact) mass is 448 g/mol. The quantitative estimate of drug-likeness (QED) is 0.695. The second kappa shape index (κ2) is 9.25. The van der Waals surface area contributed by atoms with Gasteiger partial charge in [0.1, 0.15) is 5.75 Å². The number of hydrogen-bond acceptors (Lipinski definition) is 5. The summed E-state index contributed by atoms with van der Waals surface area (Å²) in [5, 5.41) is 3.05. The van der Waals surface area contributed by atoms with E-state index in [0.717, 1.165) is 24.0 Å². The summed E-state index contributed by atoms with van der Waals surface area (Å²) in [4.78, 5) is 32.6. The fourth-order valence-corrected chi connectivity index (χ4v) is 4.71. The summed E-state index contributed by atoms with van der Waals surface area (Å²) >= 11 is 0. The van der Waals surface area contributed by atoms with Crippen LogP contribution in [0.1, 0.15) is 80.0 Å². The molecular weight excluding hydrogens is 416 g/mol. The van der Waals surface area contributed by atoms with Crippen LogP contribution in [0.2, 0.25) is 0 Å². The highest BCUT2D eigenvalue weighted by Crippen LogP contribution is 2.40. The molecule has 2 aromatic rings. The lowest BCUT2D eigenvalue weighted by molar-refractivity contribution is -0.132. The van der Waals surface area contributed by atoms with Crippen molar-refractivity contribution in [3.63, 3.8) is 0 Å². The summed E-state index contributed by atoms with van der Waals surface area (Å²) in [5.74, 6) is 0.709. The van der Waals surface area contributed by atoms with E-state index in [2.05, 4.69) is 5.32 Å². The Morgan fingerprint density at radius 3 is 2.64 bits per heavy atom. The molecule has 33 heavy (non-hydrogen) atoms. The molecule has 2 aliphatic rings. The average Bonchev–Trinajstić information content (AvgIpc) is 2.83. The minimum absolute atomic E-state index is 0.0309. The molecule has 2 heterocycles. The van der Waals surface area contributed by atoms with Crippen molar-refractivity contribution in [2.75, 3.05) is 6.61 Å². The second-order valence-corrected chi connectivity index (χ2v) is 8.85. The largest absolute Gasteiger partial charge is 0.493 e. The van der Waals surface area contributed by atoms with Crippen molar-refractivity contribution >= 4 is 17.8 Å². The van der Waals surface area contributed by atoms with E-state index in [9.17, 15) is 9.59 Å². The van der Waals surface area contributed by atoms with Gasteiger partial charge in [-0.05, 0) is 43.5 Å². The molecule has 0 bridgehead atoms. The first-order chi connectivity index (χ1) is 15.9. The number of rotatable bonds is 6. The smallest absolute Gasteiger partial charge is 0.251 e. The molecule has 0 fully saturated rings.